The lowest BCUT2D eigenvalue weighted by molar-refractivity contribution is 0.0949. The van der Waals surface area contributed by atoms with Crippen LogP contribution in [0.15, 0.2) is 42.5 Å². The Morgan fingerprint density at radius 2 is 1.60 bits per heavy atom. The molecule has 2 aliphatic rings. The Hall–Kier alpha value is -3.46. The Kier molecular flexibility index (Phi) is 10.9. The van der Waals surface area contributed by atoms with E-state index in [1.807, 2.05) is 36.4 Å². The number of piperazine rings is 1. The van der Waals surface area contributed by atoms with Crippen molar-refractivity contribution in [2.24, 2.45) is 0 Å². The van der Waals surface area contributed by atoms with E-state index in [1.165, 1.54) is 6.42 Å². The van der Waals surface area contributed by atoms with E-state index in [2.05, 4.69) is 50.6 Å². The fourth-order valence-electron chi connectivity index (χ4n) is 5.71. The molecule has 0 bridgehead atoms. The van der Waals surface area contributed by atoms with Gasteiger partial charge in [-0.15, -0.1) is 0 Å². The van der Waals surface area contributed by atoms with Crippen molar-refractivity contribution in [3.8, 4) is 5.75 Å². The first kappa shape index (κ1) is 29.5. The van der Waals surface area contributed by atoms with Crippen LogP contribution >= 0.6 is 0 Å². The van der Waals surface area contributed by atoms with Crippen LogP contribution in [-0.2, 0) is 0 Å². The number of benzene rings is 2. The molecule has 1 heterocycles. The van der Waals surface area contributed by atoms with Gasteiger partial charge in [0.25, 0.3) is 5.91 Å². The van der Waals surface area contributed by atoms with Crippen LogP contribution in [0.4, 0.5) is 21.9 Å². The van der Waals surface area contributed by atoms with Crippen LogP contribution in [0.3, 0.4) is 0 Å². The summed E-state index contributed by atoms with van der Waals surface area (Å²) < 4.78 is 5.57. The zero-order chi connectivity index (χ0) is 28.3. The number of para-hydroxylation sites is 2. The van der Waals surface area contributed by atoms with Gasteiger partial charge in [-0.2, -0.15) is 0 Å². The van der Waals surface area contributed by atoms with Crippen molar-refractivity contribution in [3.05, 3.63) is 48.0 Å². The lowest BCUT2D eigenvalue weighted by Crippen LogP contribution is -2.47. The van der Waals surface area contributed by atoms with Crippen LogP contribution in [0.2, 0.25) is 0 Å². The normalized spacial score (nSPS) is 16.1. The third-order valence-corrected chi connectivity index (χ3v) is 8.09. The summed E-state index contributed by atoms with van der Waals surface area (Å²) in [6, 6.07) is 13.8. The standard InChI is InChI=1S/C31H46N6O3/c1-4-35(5-2)18-17-32-30(38)26-23-25(34-31(39)33-24-11-7-6-8-12-24)15-16-27(26)36-19-21-37(22-20-36)28-13-9-10-14-29(28)40-3/h9-10,13-16,23-24H,4-8,11-12,17-22H2,1-3H3,(H,32,38)(H2,33,34,39). The highest BCUT2D eigenvalue weighted by Crippen LogP contribution is 2.31. The van der Waals surface area contributed by atoms with Crippen LogP contribution in [0, 0.1) is 0 Å². The summed E-state index contributed by atoms with van der Waals surface area (Å²) in [5, 5.41) is 9.18. The molecule has 0 radical (unpaired) electrons. The second-order valence-electron chi connectivity index (χ2n) is 10.6. The third kappa shape index (κ3) is 7.81. The Labute approximate surface area is 239 Å². The highest BCUT2D eigenvalue weighted by Gasteiger charge is 2.24. The van der Waals surface area contributed by atoms with Crippen LogP contribution in [0.25, 0.3) is 0 Å². The summed E-state index contributed by atoms with van der Waals surface area (Å²) in [6.45, 7) is 10.7. The molecule has 1 saturated carbocycles. The Bertz CT molecular complexity index is 1110. The molecule has 1 aliphatic carbocycles. The van der Waals surface area contributed by atoms with Crippen molar-refractivity contribution in [1.82, 2.24) is 15.5 Å². The maximum absolute atomic E-state index is 13.5. The Balaban J connectivity index is 1.47. The van der Waals surface area contributed by atoms with Crippen molar-refractivity contribution in [3.63, 3.8) is 0 Å². The Morgan fingerprint density at radius 3 is 2.27 bits per heavy atom. The second kappa shape index (κ2) is 14.8. The number of urea groups is 1. The van der Waals surface area contributed by atoms with E-state index in [1.54, 1.807) is 7.11 Å². The van der Waals surface area contributed by atoms with Crippen LogP contribution < -0.4 is 30.5 Å². The highest BCUT2D eigenvalue weighted by atomic mass is 16.5. The summed E-state index contributed by atoms with van der Waals surface area (Å²) in [6.07, 6.45) is 5.59. The number of carbonyl (C=O) groups is 2. The maximum Gasteiger partial charge on any atom is 0.319 e. The fraction of sp³-hybridized carbons (Fsp3) is 0.548. The number of likely N-dealkylation sites (N-methyl/N-ethyl adjacent to an activating group) is 1. The molecule has 2 aromatic carbocycles. The molecule has 1 saturated heterocycles. The molecule has 0 spiro atoms. The smallest absolute Gasteiger partial charge is 0.319 e. The quantitative estimate of drug-likeness (QED) is 0.381. The van der Waals surface area contributed by atoms with Crippen LogP contribution in [0.5, 0.6) is 5.75 Å². The summed E-state index contributed by atoms with van der Waals surface area (Å²) in [5.74, 6) is 0.747. The minimum Gasteiger partial charge on any atom is -0.495 e. The van der Waals surface area contributed by atoms with Crippen molar-refractivity contribution in [2.75, 3.05) is 74.6 Å². The minimum absolute atomic E-state index is 0.120. The van der Waals surface area contributed by atoms with E-state index in [0.717, 1.165) is 88.6 Å². The van der Waals surface area contributed by atoms with E-state index in [-0.39, 0.29) is 18.0 Å². The lowest BCUT2D eigenvalue weighted by atomic mass is 9.96. The van der Waals surface area contributed by atoms with Gasteiger partial charge in [0.2, 0.25) is 0 Å². The van der Waals surface area contributed by atoms with Gasteiger partial charge in [-0.1, -0.05) is 45.2 Å². The zero-order valence-electron chi connectivity index (χ0n) is 24.4. The van der Waals surface area contributed by atoms with Crippen molar-refractivity contribution < 1.29 is 14.3 Å². The molecule has 3 N–H and O–H groups in total. The predicted octanol–water partition coefficient (Wildman–Crippen LogP) is 4.55. The first-order valence-electron chi connectivity index (χ1n) is 14.9. The minimum atomic E-state index is -0.210. The van der Waals surface area contributed by atoms with Crippen molar-refractivity contribution in [2.45, 2.75) is 52.0 Å². The zero-order valence-corrected chi connectivity index (χ0v) is 24.4. The summed E-state index contributed by atoms with van der Waals surface area (Å²) in [7, 11) is 1.70. The number of carbonyl (C=O) groups excluding carboxylic acids is 2. The van der Waals surface area contributed by atoms with Gasteiger partial charge in [0, 0.05) is 56.7 Å². The summed E-state index contributed by atoms with van der Waals surface area (Å²) in [5.41, 5.74) is 3.18. The number of methoxy groups -OCH3 is 1. The van der Waals surface area contributed by atoms with E-state index in [0.29, 0.717) is 17.8 Å². The van der Waals surface area contributed by atoms with Crippen molar-refractivity contribution >= 4 is 29.0 Å². The molecule has 3 amide bonds. The topological polar surface area (TPSA) is 89.2 Å². The average Bonchev–Trinajstić information content (AvgIpc) is 2.99. The molecular weight excluding hydrogens is 504 g/mol. The lowest BCUT2D eigenvalue weighted by Gasteiger charge is -2.38. The number of nitrogens with zero attached hydrogens (tertiary/aromatic N) is 3. The fourth-order valence-corrected chi connectivity index (χ4v) is 5.71. The van der Waals surface area contributed by atoms with Gasteiger partial charge in [0.15, 0.2) is 0 Å². The Morgan fingerprint density at radius 1 is 0.925 bits per heavy atom. The van der Waals surface area contributed by atoms with Crippen LogP contribution in [-0.4, -0.2) is 82.3 Å². The summed E-state index contributed by atoms with van der Waals surface area (Å²) >= 11 is 0. The monoisotopic (exact) mass is 550 g/mol. The molecule has 9 nitrogen and oxygen atoms in total. The second-order valence-corrected chi connectivity index (χ2v) is 10.6. The van der Waals surface area contributed by atoms with Gasteiger partial charge in [0.05, 0.1) is 18.4 Å². The van der Waals surface area contributed by atoms with E-state index >= 15 is 0 Å². The molecule has 2 fully saturated rings. The van der Waals surface area contributed by atoms with Gasteiger partial charge in [0.1, 0.15) is 5.75 Å². The number of ether oxygens (including phenoxy) is 1. The molecule has 0 atom stereocenters. The molecule has 0 unspecified atom stereocenters. The van der Waals surface area contributed by atoms with Crippen molar-refractivity contribution in [1.29, 1.82) is 0 Å². The van der Waals surface area contributed by atoms with Gasteiger partial charge in [-0.25, -0.2) is 4.79 Å². The summed E-state index contributed by atoms with van der Waals surface area (Å²) in [4.78, 5) is 33.1. The van der Waals surface area contributed by atoms with Crippen LogP contribution in [0.1, 0.15) is 56.3 Å². The number of amides is 3. The van der Waals surface area contributed by atoms with E-state index < -0.39 is 0 Å². The SMILES string of the molecule is CCN(CC)CCNC(=O)c1cc(NC(=O)NC2CCCCC2)ccc1N1CCN(c2ccccc2OC)CC1. The predicted molar refractivity (Wildman–Crippen MR) is 163 cm³/mol. The first-order valence-corrected chi connectivity index (χ1v) is 14.9. The van der Waals surface area contributed by atoms with E-state index in [4.69, 9.17) is 4.74 Å². The molecule has 1 aliphatic heterocycles. The molecule has 0 aromatic heterocycles. The average molecular weight is 551 g/mol. The number of anilines is 3. The number of rotatable bonds is 11. The van der Waals surface area contributed by atoms with Gasteiger partial charge >= 0.3 is 6.03 Å². The number of hydrogen-bond acceptors (Lipinski definition) is 6. The van der Waals surface area contributed by atoms with Gasteiger partial charge < -0.3 is 35.4 Å². The highest BCUT2D eigenvalue weighted by molar-refractivity contribution is 6.02. The third-order valence-electron chi connectivity index (χ3n) is 8.09. The molecule has 40 heavy (non-hydrogen) atoms. The molecule has 2 aromatic rings. The first-order chi connectivity index (χ1) is 19.5. The molecule has 4 rings (SSSR count). The van der Waals surface area contributed by atoms with Gasteiger partial charge in [-0.05, 0) is 56.3 Å². The largest absolute Gasteiger partial charge is 0.495 e. The van der Waals surface area contributed by atoms with E-state index in [9.17, 15) is 9.59 Å². The molecule has 218 valence electrons. The number of hydrogen-bond donors (Lipinski definition) is 3. The molecular formula is C31H46N6O3. The number of nitrogens with one attached hydrogen (secondary N) is 3. The molecule has 9 heteroatoms. The van der Waals surface area contributed by atoms with Gasteiger partial charge in [-0.3, -0.25) is 4.79 Å². The maximum atomic E-state index is 13.5.